The minimum atomic E-state index is -1.13. The molecule has 1 aliphatic rings. The van der Waals surface area contributed by atoms with Gasteiger partial charge in [-0.1, -0.05) is 12.1 Å². The second-order valence-electron chi connectivity index (χ2n) is 4.17. The van der Waals surface area contributed by atoms with Crippen molar-refractivity contribution >= 4 is 29.1 Å². The Kier molecular flexibility index (Phi) is 3.24. The fourth-order valence-corrected chi connectivity index (χ4v) is 2.53. The number of imide groups is 1. The molecule has 2 aromatic rings. The zero-order chi connectivity index (χ0) is 15.0. The van der Waals surface area contributed by atoms with Gasteiger partial charge in [-0.05, 0) is 12.1 Å². The van der Waals surface area contributed by atoms with E-state index in [0.717, 1.165) is 11.3 Å². The van der Waals surface area contributed by atoms with Crippen LogP contribution in [0, 0.1) is 0 Å². The molecule has 8 heteroatoms. The molecule has 2 amide bonds. The van der Waals surface area contributed by atoms with Crippen LogP contribution in [0.4, 0.5) is 0 Å². The summed E-state index contributed by atoms with van der Waals surface area (Å²) < 4.78 is 0. The maximum absolute atomic E-state index is 12.0. The van der Waals surface area contributed by atoms with Gasteiger partial charge in [0.15, 0.2) is 0 Å². The number of aromatic nitrogens is 1. The van der Waals surface area contributed by atoms with Crippen molar-refractivity contribution < 1.29 is 24.3 Å². The van der Waals surface area contributed by atoms with E-state index in [9.17, 15) is 14.4 Å². The lowest BCUT2D eigenvalue weighted by Crippen LogP contribution is -2.29. The molecular weight excluding hydrogens is 296 g/mol. The topological polar surface area (TPSA) is 96.8 Å². The second-order valence-corrected chi connectivity index (χ2v) is 5.03. The van der Waals surface area contributed by atoms with Crippen molar-refractivity contribution in [2.24, 2.45) is 0 Å². The van der Waals surface area contributed by atoms with E-state index in [1.54, 1.807) is 24.3 Å². The Labute approximate surface area is 122 Å². The Balaban J connectivity index is 1.73. The molecule has 106 valence electrons. The van der Waals surface area contributed by atoms with Crippen LogP contribution < -0.4 is 0 Å². The molecule has 0 atom stereocenters. The average Bonchev–Trinajstić information content (AvgIpc) is 3.03. The van der Waals surface area contributed by atoms with Gasteiger partial charge in [0.2, 0.25) is 5.01 Å². The summed E-state index contributed by atoms with van der Waals surface area (Å²) in [6.07, 6.45) is 0. The number of nitrogens with zero attached hydrogens (tertiary/aromatic N) is 2. The van der Waals surface area contributed by atoms with E-state index in [-0.39, 0.29) is 22.7 Å². The predicted octanol–water partition coefficient (Wildman–Crippen LogP) is 1.57. The van der Waals surface area contributed by atoms with E-state index in [4.69, 9.17) is 9.94 Å². The van der Waals surface area contributed by atoms with Crippen molar-refractivity contribution in [3.63, 3.8) is 0 Å². The normalized spacial score (nSPS) is 13.6. The maximum Gasteiger partial charge on any atom is 0.365 e. The molecule has 0 spiro atoms. The van der Waals surface area contributed by atoms with Crippen molar-refractivity contribution in [2.75, 3.05) is 0 Å². The van der Waals surface area contributed by atoms with Gasteiger partial charge < -0.3 is 5.11 Å². The number of carboxylic acid groups (broad SMARTS) is 1. The molecule has 21 heavy (non-hydrogen) atoms. The molecule has 0 saturated heterocycles. The molecule has 0 unspecified atom stereocenters. The van der Waals surface area contributed by atoms with Crippen molar-refractivity contribution in [3.8, 4) is 0 Å². The van der Waals surface area contributed by atoms with Crippen LogP contribution in [0.3, 0.4) is 0 Å². The van der Waals surface area contributed by atoms with E-state index in [1.807, 2.05) is 0 Å². The van der Waals surface area contributed by atoms with Gasteiger partial charge in [-0.25, -0.2) is 9.78 Å². The average molecular weight is 304 g/mol. The molecule has 0 radical (unpaired) electrons. The minimum absolute atomic E-state index is 0.0732. The van der Waals surface area contributed by atoms with Crippen LogP contribution >= 0.6 is 11.3 Å². The van der Waals surface area contributed by atoms with E-state index in [2.05, 4.69) is 4.98 Å². The second kappa shape index (κ2) is 5.08. The summed E-state index contributed by atoms with van der Waals surface area (Å²) in [5.41, 5.74) is 0.910. The van der Waals surface area contributed by atoms with Gasteiger partial charge in [0.1, 0.15) is 6.61 Å². The number of aromatic carboxylic acids is 1. The van der Waals surface area contributed by atoms with Crippen LogP contribution in [0.25, 0.3) is 0 Å². The first kappa shape index (κ1) is 13.4. The Morgan fingerprint density at radius 2 is 1.86 bits per heavy atom. The minimum Gasteiger partial charge on any atom is -0.476 e. The van der Waals surface area contributed by atoms with Crippen LogP contribution in [0.5, 0.6) is 0 Å². The lowest BCUT2D eigenvalue weighted by atomic mass is 10.1. The zero-order valence-electron chi connectivity index (χ0n) is 10.5. The van der Waals surface area contributed by atoms with Crippen LogP contribution in [0.2, 0.25) is 0 Å². The summed E-state index contributed by atoms with van der Waals surface area (Å²) in [5, 5.41) is 10.9. The number of carboxylic acids is 1. The molecular formula is C13H8N2O5S. The third-order valence-electron chi connectivity index (χ3n) is 2.83. The van der Waals surface area contributed by atoms with E-state index >= 15 is 0 Å². The number of fused-ring (bicyclic) bond motifs is 1. The van der Waals surface area contributed by atoms with Crippen molar-refractivity contribution in [1.82, 2.24) is 10.0 Å². The number of carbonyl (C=O) groups is 3. The molecule has 0 bridgehead atoms. The van der Waals surface area contributed by atoms with Gasteiger partial charge in [-0.15, -0.1) is 16.4 Å². The standard InChI is InChI=1S/C13H8N2O5S/c16-11-8-3-1-2-4-9(8)12(17)15(11)20-5-7-6-21-10(14-7)13(18)19/h1-4,6H,5H2,(H,18,19). The largest absolute Gasteiger partial charge is 0.476 e. The number of rotatable bonds is 4. The van der Waals surface area contributed by atoms with Crippen LogP contribution in [-0.2, 0) is 11.4 Å². The van der Waals surface area contributed by atoms with Crippen LogP contribution in [-0.4, -0.2) is 32.9 Å². The molecule has 0 saturated carbocycles. The summed E-state index contributed by atoms with van der Waals surface area (Å²) >= 11 is 0.950. The highest BCUT2D eigenvalue weighted by Crippen LogP contribution is 2.23. The van der Waals surface area contributed by atoms with Gasteiger partial charge >= 0.3 is 5.97 Å². The molecule has 1 aromatic heterocycles. The number of benzene rings is 1. The summed E-state index contributed by atoms with van der Waals surface area (Å²) in [5.74, 6) is -2.21. The Bertz CT molecular complexity index is 720. The SMILES string of the molecule is O=C(O)c1nc(CON2C(=O)c3ccccc3C2=O)cs1. The third-order valence-corrected chi connectivity index (χ3v) is 3.71. The smallest absolute Gasteiger partial charge is 0.365 e. The monoisotopic (exact) mass is 304 g/mol. The fourth-order valence-electron chi connectivity index (χ4n) is 1.89. The third kappa shape index (κ3) is 2.30. The first-order valence-corrected chi connectivity index (χ1v) is 6.74. The van der Waals surface area contributed by atoms with Gasteiger partial charge in [0.25, 0.3) is 11.8 Å². The Hall–Kier alpha value is -2.58. The number of amides is 2. The van der Waals surface area contributed by atoms with Crippen LogP contribution in [0.15, 0.2) is 29.6 Å². The fraction of sp³-hybridized carbons (Fsp3) is 0.0769. The molecule has 0 fully saturated rings. The Morgan fingerprint density at radius 1 is 1.24 bits per heavy atom. The van der Waals surface area contributed by atoms with E-state index in [1.165, 1.54) is 5.38 Å². The van der Waals surface area contributed by atoms with Crippen LogP contribution in [0.1, 0.15) is 36.2 Å². The van der Waals surface area contributed by atoms with Gasteiger partial charge in [0, 0.05) is 5.38 Å². The highest BCUT2D eigenvalue weighted by molar-refractivity contribution is 7.11. The summed E-state index contributed by atoms with van der Waals surface area (Å²) in [6, 6.07) is 6.41. The van der Waals surface area contributed by atoms with Gasteiger partial charge in [0.05, 0.1) is 16.8 Å². The highest BCUT2D eigenvalue weighted by Gasteiger charge is 2.36. The number of thiazole rings is 1. The highest BCUT2D eigenvalue weighted by atomic mass is 32.1. The first-order valence-electron chi connectivity index (χ1n) is 5.86. The number of carbonyl (C=O) groups excluding carboxylic acids is 2. The summed E-state index contributed by atoms with van der Waals surface area (Å²) in [6.45, 7) is -0.157. The van der Waals surface area contributed by atoms with Crippen molar-refractivity contribution in [3.05, 3.63) is 51.5 Å². The molecule has 1 aromatic carbocycles. The molecule has 1 N–H and O–H groups in total. The number of hydrogen-bond donors (Lipinski definition) is 1. The molecule has 1 aliphatic heterocycles. The lowest BCUT2D eigenvalue weighted by molar-refractivity contribution is -0.101. The first-order chi connectivity index (χ1) is 10.1. The predicted molar refractivity (Wildman–Crippen MR) is 70.8 cm³/mol. The molecule has 7 nitrogen and oxygen atoms in total. The molecule has 2 heterocycles. The van der Waals surface area contributed by atoms with Gasteiger partial charge in [-0.3, -0.25) is 14.4 Å². The van der Waals surface area contributed by atoms with E-state index in [0.29, 0.717) is 10.8 Å². The molecule has 0 aliphatic carbocycles. The van der Waals surface area contributed by atoms with Crippen molar-refractivity contribution in [1.29, 1.82) is 0 Å². The lowest BCUT2D eigenvalue weighted by Gasteiger charge is -2.11. The van der Waals surface area contributed by atoms with E-state index < -0.39 is 17.8 Å². The summed E-state index contributed by atoms with van der Waals surface area (Å²) in [7, 11) is 0. The summed E-state index contributed by atoms with van der Waals surface area (Å²) in [4.78, 5) is 43.7. The Morgan fingerprint density at radius 3 is 2.38 bits per heavy atom. The number of hydroxylamine groups is 2. The number of hydrogen-bond acceptors (Lipinski definition) is 6. The van der Waals surface area contributed by atoms with Gasteiger partial charge in [-0.2, -0.15) is 0 Å². The molecule has 3 rings (SSSR count). The zero-order valence-corrected chi connectivity index (χ0v) is 11.3. The quantitative estimate of drug-likeness (QED) is 0.861. The van der Waals surface area contributed by atoms with Crippen molar-refractivity contribution in [2.45, 2.75) is 6.61 Å². The maximum atomic E-state index is 12.0.